The van der Waals surface area contributed by atoms with Gasteiger partial charge in [-0.3, -0.25) is 0 Å². The summed E-state index contributed by atoms with van der Waals surface area (Å²) in [6, 6.07) is 3.56. The molecule has 0 aliphatic rings. The van der Waals surface area contributed by atoms with E-state index >= 15 is 0 Å². The second kappa shape index (κ2) is 7.10. The van der Waals surface area contributed by atoms with Gasteiger partial charge >= 0.3 is 5.97 Å². The number of carboxylic acids is 1. The van der Waals surface area contributed by atoms with Gasteiger partial charge in [-0.05, 0) is 39.0 Å². The normalized spacial score (nSPS) is 11.0. The van der Waals surface area contributed by atoms with Crippen molar-refractivity contribution in [1.82, 2.24) is 19.5 Å². The minimum absolute atomic E-state index is 0.0445. The summed E-state index contributed by atoms with van der Waals surface area (Å²) in [6.07, 6.45) is 2.55. The zero-order valence-electron chi connectivity index (χ0n) is 14.9. The number of carboxylic acid groups (broad SMARTS) is 1. The van der Waals surface area contributed by atoms with E-state index in [1.165, 1.54) is 12.3 Å². The minimum atomic E-state index is -1.36. The quantitative estimate of drug-likeness (QED) is 0.703. The van der Waals surface area contributed by atoms with Crippen LogP contribution in [0.1, 0.15) is 36.1 Å². The van der Waals surface area contributed by atoms with Crippen molar-refractivity contribution < 1.29 is 18.7 Å². The standard InChI is InChI=1S/C18H17F2N5O2/c1-9(2)25-10(3)21-8-15(25)16-14(20)7-22-18(24-16)23-11-4-5-12(17(26)27)13(19)6-11/h4-9H,1-3H3,(H,26,27)(H,22,23,24). The number of rotatable bonds is 5. The van der Waals surface area contributed by atoms with Crippen LogP contribution in [-0.4, -0.2) is 30.6 Å². The Hall–Kier alpha value is -3.36. The first-order valence-corrected chi connectivity index (χ1v) is 8.14. The highest BCUT2D eigenvalue weighted by Gasteiger charge is 2.18. The van der Waals surface area contributed by atoms with Crippen LogP contribution in [0.4, 0.5) is 20.4 Å². The fourth-order valence-electron chi connectivity index (χ4n) is 2.78. The number of imidazole rings is 1. The molecule has 140 valence electrons. The number of anilines is 2. The first-order valence-electron chi connectivity index (χ1n) is 8.14. The molecule has 0 atom stereocenters. The zero-order valence-corrected chi connectivity index (χ0v) is 14.9. The maximum Gasteiger partial charge on any atom is 0.338 e. The molecule has 0 aliphatic carbocycles. The number of halogens is 2. The summed E-state index contributed by atoms with van der Waals surface area (Å²) in [5.41, 5.74) is 0.350. The molecule has 2 N–H and O–H groups in total. The summed E-state index contributed by atoms with van der Waals surface area (Å²) in [7, 11) is 0. The Kier molecular flexibility index (Phi) is 4.85. The van der Waals surface area contributed by atoms with E-state index < -0.39 is 23.2 Å². The van der Waals surface area contributed by atoms with E-state index in [0.29, 0.717) is 5.69 Å². The average Bonchev–Trinajstić information content (AvgIpc) is 2.98. The van der Waals surface area contributed by atoms with E-state index in [4.69, 9.17) is 5.11 Å². The van der Waals surface area contributed by atoms with E-state index in [9.17, 15) is 13.6 Å². The fraction of sp³-hybridized carbons (Fsp3) is 0.222. The van der Waals surface area contributed by atoms with Gasteiger partial charge in [0.1, 0.15) is 17.3 Å². The third-order valence-electron chi connectivity index (χ3n) is 3.94. The van der Waals surface area contributed by atoms with Crippen LogP contribution in [0.15, 0.2) is 30.6 Å². The van der Waals surface area contributed by atoms with Crippen molar-refractivity contribution in [3.63, 3.8) is 0 Å². The molecule has 0 bridgehead atoms. The monoisotopic (exact) mass is 373 g/mol. The molecule has 0 radical (unpaired) electrons. The van der Waals surface area contributed by atoms with Crippen LogP contribution < -0.4 is 5.32 Å². The van der Waals surface area contributed by atoms with Crippen LogP contribution >= 0.6 is 0 Å². The maximum atomic E-state index is 14.3. The van der Waals surface area contributed by atoms with Crippen LogP contribution in [0.25, 0.3) is 11.4 Å². The van der Waals surface area contributed by atoms with Gasteiger partial charge in [0, 0.05) is 11.7 Å². The summed E-state index contributed by atoms with van der Waals surface area (Å²) < 4.78 is 30.0. The molecular formula is C18H17F2N5O2. The lowest BCUT2D eigenvalue weighted by molar-refractivity contribution is 0.0692. The zero-order chi connectivity index (χ0) is 19.7. The van der Waals surface area contributed by atoms with Crippen molar-refractivity contribution in [3.8, 4) is 11.4 Å². The Morgan fingerprint density at radius 1 is 1.19 bits per heavy atom. The average molecular weight is 373 g/mol. The first-order chi connectivity index (χ1) is 12.8. The van der Waals surface area contributed by atoms with Crippen molar-refractivity contribution in [2.24, 2.45) is 0 Å². The Morgan fingerprint density at radius 3 is 2.56 bits per heavy atom. The van der Waals surface area contributed by atoms with Gasteiger partial charge in [0.25, 0.3) is 0 Å². The van der Waals surface area contributed by atoms with Gasteiger partial charge in [-0.1, -0.05) is 0 Å². The van der Waals surface area contributed by atoms with Crippen molar-refractivity contribution in [2.75, 3.05) is 5.32 Å². The van der Waals surface area contributed by atoms with E-state index in [2.05, 4.69) is 20.3 Å². The number of aryl methyl sites for hydroxylation is 1. The molecule has 0 saturated heterocycles. The summed E-state index contributed by atoms with van der Waals surface area (Å²) in [5, 5.41) is 11.6. The molecule has 2 heterocycles. The third-order valence-corrected chi connectivity index (χ3v) is 3.94. The van der Waals surface area contributed by atoms with Crippen LogP contribution in [0.5, 0.6) is 0 Å². The van der Waals surface area contributed by atoms with E-state index in [0.717, 1.165) is 24.2 Å². The van der Waals surface area contributed by atoms with E-state index in [1.807, 2.05) is 25.3 Å². The maximum absolute atomic E-state index is 14.3. The molecule has 27 heavy (non-hydrogen) atoms. The van der Waals surface area contributed by atoms with Crippen molar-refractivity contribution >= 4 is 17.6 Å². The SMILES string of the molecule is Cc1ncc(-c2nc(Nc3ccc(C(=O)O)c(F)c3)ncc2F)n1C(C)C. The van der Waals surface area contributed by atoms with Gasteiger partial charge in [0.15, 0.2) is 5.82 Å². The number of nitrogens with one attached hydrogen (secondary N) is 1. The third kappa shape index (κ3) is 3.62. The smallest absolute Gasteiger partial charge is 0.338 e. The van der Waals surface area contributed by atoms with Gasteiger partial charge in [-0.15, -0.1) is 0 Å². The lowest BCUT2D eigenvalue weighted by atomic mass is 10.2. The van der Waals surface area contributed by atoms with Crippen LogP contribution in [0.3, 0.4) is 0 Å². The fourth-order valence-corrected chi connectivity index (χ4v) is 2.78. The molecule has 9 heteroatoms. The molecule has 0 unspecified atom stereocenters. The van der Waals surface area contributed by atoms with E-state index in [1.54, 1.807) is 0 Å². The Morgan fingerprint density at radius 2 is 1.93 bits per heavy atom. The molecule has 0 fully saturated rings. The number of nitrogens with zero attached hydrogens (tertiary/aromatic N) is 4. The molecule has 1 aromatic carbocycles. The predicted molar refractivity (Wildman–Crippen MR) is 95.0 cm³/mol. The first kappa shape index (κ1) is 18.4. The van der Waals surface area contributed by atoms with Crippen molar-refractivity contribution in [1.29, 1.82) is 0 Å². The Balaban J connectivity index is 1.97. The highest BCUT2D eigenvalue weighted by Crippen LogP contribution is 2.26. The number of hydrogen-bond acceptors (Lipinski definition) is 5. The number of hydrogen-bond donors (Lipinski definition) is 2. The molecular weight excluding hydrogens is 356 g/mol. The lowest BCUT2D eigenvalue weighted by Gasteiger charge is -2.14. The number of aromatic carboxylic acids is 1. The minimum Gasteiger partial charge on any atom is -0.478 e. The van der Waals surface area contributed by atoms with Crippen molar-refractivity contribution in [3.05, 3.63) is 53.6 Å². The summed E-state index contributed by atoms with van der Waals surface area (Å²) in [5.74, 6) is -2.11. The van der Waals surface area contributed by atoms with Crippen LogP contribution in [0.2, 0.25) is 0 Å². The van der Waals surface area contributed by atoms with Gasteiger partial charge in [0.05, 0.1) is 23.7 Å². The van der Waals surface area contributed by atoms with Crippen molar-refractivity contribution in [2.45, 2.75) is 26.8 Å². The lowest BCUT2D eigenvalue weighted by Crippen LogP contribution is -2.08. The number of benzene rings is 1. The Labute approximate surface area is 153 Å². The molecule has 0 amide bonds. The highest BCUT2D eigenvalue weighted by molar-refractivity contribution is 5.88. The topological polar surface area (TPSA) is 92.9 Å². The van der Waals surface area contributed by atoms with E-state index in [-0.39, 0.29) is 23.4 Å². The summed E-state index contributed by atoms with van der Waals surface area (Å²) >= 11 is 0. The molecule has 0 saturated carbocycles. The summed E-state index contributed by atoms with van der Waals surface area (Å²) in [6.45, 7) is 5.71. The van der Waals surface area contributed by atoms with Gasteiger partial charge in [-0.25, -0.2) is 28.5 Å². The van der Waals surface area contributed by atoms with Gasteiger partial charge < -0.3 is 15.0 Å². The van der Waals surface area contributed by atoms with Gasteiger partial charge in [-0.2, -0.15) is 0 Å². The second-order valence-electron chi connectivity index (χ2n) is 6.17. The predicted octanol–water partition coefficient (Wildman–Crippen LogP) is 3.95. The molecule has 2 aromatic heterocycles. The Bertz CT molecular complexity index is 1020. The van der Waals surface area contributed by atoms with Gasteiger partial charge in [0.2, 0.25) is 5.95 Å². The second-order valence-corrected chi connectivity index (χ2v) is 6.17. The number of carbonyl (C=O) groups is 1. The molecule has 3 aromatic rings. The molecule has 3 rings (SSSR count). The largest absolute Gasteiger partial charge is 0.478 e. The number of aromatic nitrogens is 4. The molecule has 0 spiro atoms. The van der Waals surface area contributed by atoms with Crippen LogP contribution in [0, 0.1) is 18.6 Å². The highest BCUT2D eigenvalue weighted by atomic mass is 19.1. The molecule has 0 aliphatic heterocycles. The van der Waals surface area contributed by atoms with Crippen LogP contribution in [-0.2, 0) is 0 Å². The summed E-state index contributed by atoms with van der Waals surface area (Å²) in [4.78, 5) is 23.1. The molecule has 7 nitrogen and oxygen atoms in total.